The first-order valence-electron chi connectivity index (χ1n) is 13.6. The van der Waals surface area contributed by atoms with E-state index in [0.29, 0.717) is 74.6 Å². The Balaban J connectivity index is 1.41. The number of rotatable bonds is 12. The van der Waals surface area contributed by atoms with Gasteiger partial charge < -0.3 is 25.6 Å². The summed E-state index contributed by atoms with van der Waals surface area (Å²) in [7, 11) is 1.57. The van der Waals surface area contributed by atoms with E-state index in [0.717, 1.165) is 17.0 Å². The van der Waals surface area contributed by atoms with E-state index in [1.54, 1.807) is 19.4 Å². The second kappa shape index (κ2) is 13.0. The van der Waals surface area contributed by atoms with Gasteiger partial charge in [-0.1, -0.05) is 0 Å². The van der Waals surface area contributed by atoms with Gasteiger partial charge in [-0.2, -0.15) is 0 Å². The Kier molecular flexibility index (Phi) is 9.65. The van der Waals surface area contributed by atoms with Gasteiger partial charge in [-0.05, 0) is 105 Å². The Hall–Kier alpha value is -3.21. The molecule has 0 spiro atoms. The predicted octanol–water partition coefficient (Wildman–Crippen LogP) is 5.12. The number of ether oxygens (including phenoxy) is 1. The maximum atomic E-state index is 14.0. The van der Waals surface area contributed by atoms with Crippen LogP contribution in [0.25, 0.3) is 10.9 Å². The molecule has 0 amide bonds. The standard InChI is InChI=1S/C30H36F3N3O4/c1-40-22-4-5-25-23(15-22)28(20(17-34)18-35-25)26(37)6-7-30(16-27(38)39)8-11-36(12-9-30)10-2-3-19-13-21(31)14-24(32)29(19)33/h4-5,13-15,18,26,37H,2-3,6-12,16-17,34H2,1H3,(H,38,39)/t26-/m0/s1. The number of aliphatic hydroxyl groups is 1. The number of nitrogens with two attached hydrogens (primary N) is 1. The number of likely N-dealkylation sites (tertiary alicyclic amines) is 1. The first kappa shape index (κ1) is 29.8. The molecule has 1 saturated heterocycles. The van der Waals surface area contributed by atoms with E-state index in [1.807, 2.05) is 12.1 Å². The number of aliphatic hydroxyl groups excluding tert-OH is 1. The minimum atomic E-state index is -1.19. The highest BCUT2D eigenvalue weighted by Crippen LogP contribution is 2.42. The molecule has 3 aromatic rings. The molecular weight excluding hydrogens is 523 g/mol. The van der Waals surface area contributed by atoms with Crippen molar-refractivity contribution in [3.05, 3.63) is 70.7 Å². The van der Waals surface area contributed by atoms with Crippen LogP contribution in [0.3, 0.4) is 0 Å². The van der Waals surface area contributed by atoms with Gasteiger partial charge in [0, 0.05) is 24.2 Å². The molecule has 1 aromatic heterocycles. The Morgan fingerprint density at radius 3 is 2.60 bits per heavy atom. The van der Waals surface area contributed by atoms with Crippen molar-refractivity contribution in [3.63, 3.8) is 0 Å². The lowest BCUT2D eigenvalue weighted by Crippen LogP contribution is -2.41. The third-order valence-corrected chi connectivity index (χ3v) is 8.13. The molecule has 0 aliphatic carbocycles. The molecule has 1 aliphatic heterocycles. The maximum Gasteiger partial charge on any atom is 0.303 e. The molecular formula is C30H36F3N3O4. The lowest BCUT2D eigenvalue weighted by molar-refractivity contribution is -0.141. The Labute approximate surface area is 231 Å². The molecule has 0 bridgehead atoms. The minimum Gasteiger partial charge on any atom is -0.497 e. The summed E-state index contributed by atoms with van der Waals surface area (Å²) in [4.78, 5) is 18.4. The van der Waals surface area contributed by atoms with Crippen LogP contribution in [0.1, 0.15) is 61.3 Å². The molecule has 7 nitrogen and oxygen atoms in total. The van der Waals surface area contributed by atoms with Crippen LogP contribution in [0.5, 0.6) is 5.75 Å². The first-order valence-corrected chi connectivity index (χ1v) is 13.6. The van der Waals surface area contributed by atoms with Gasteiger partial charge in [0.1, 0.15) is 11.6 Å². The SMILES string of the molecule is COc1ccc2ncc(CN)c([C@@H](O)CCC3(CC(=O)O)CCN(CCCc4cc(F)cc(F)c4F)CC3)c2c1. The number of aromatic nitrogens is 1. The average Bonchev–Trinajstić information content (AvgIpc) is 2.94. The number of carboxylic acids is 1. The third-order valence-electron chi connectivity index (χ3n) is 8.13. The van der Waals surface area contributed by atoms with Crippen LogP contribution in [0.4, 0.5) is 13.2 Å². The molecule has 0 radical (unpaired) electrons. The second-order valence-electron chi connectivity index (χ2n) is 10.7. The molecule has 1 aliphatic rings. The van der Waals surface area contributed by atoms with E-state index in [2.05, 4.69) is 9.88 Å². The zero-order chi connectivity index (χ0) is 28.9. The molecule has 4 rings (SSSR count). The quantitative estimate of drug-likeness (QED) is 0.264. The smallest absolute Gasteiger partial charge is 0.303 e. The number of piperidine rings is 1. The van der Waals surface area contributed by atoms with Crippen molar-refractivity contribution in [2.24, 2.45) is 11.1 Å². The van der Waals surface area contributed by atoms with E-state index in [4.69, 9.17) is 10.5 Å². The number of carbonyl (C=O) groups is 1. The highest BCUT2D eigenvalue weighted by molar-refractivity contribution is 5.85. The molecule has 0 saturated carbocycles. The van der Waals surface area contributed by atoms with Crippen molar-refractivity contribution < 1.29 is 32.9 Å². The number of benzene rings is 2. The van der Waals surface area contributed by atoms with E-state index in [9.17, 15) is 28.2 Å². The summed E-state index contributed by atoms with van der Waals surface area (Å²) in [5, 5.41) is 21.8. The summed E-state index contributed by atoms with van der Waals surface area (Å²) in [6.07, 6.45) is 3.66. The van der Waals surface area contributed by atoms with Crippen molar-refractivity contribution in [2.45, 2.75) is 57.6 Å². The van der Waals surface area contributed by atoms with Crippen LogP contribution in [0.2, 0.25) is 0 Å². The Morgan fingerprint density at radius 1 is 1.18 bits per heavy atom. The number of carboxylic acid groups (broad SMARTS) is 1. The van der Waals surface area contributed by atoms with Crippen LogP contribution in [0.15, 0.2) is 36.5 Å². The zero-order valence-electron chi connectivity index (χ0n) is 22.6. The molecule has 2 heterocycles. The molecule has 1 atom stereocenters. The van der Waals surface area contributed by atoms with Crippen molar-refractivity contribution in [3.8, 4) is 5.75 Å². The van der Waals surface area contributed by atoms with E-state index < -0.39 is 34.9 Å². The molecule has 4 N–H and O–H groups in total. The number of aryl methyl sites for hydroxylation is 1. The lowest BCUT2D eigenvalue weighted by atomic mass is 9.71. The predicted molar refractivity (Wildman–Crippen MR) is 145 cm³/mol. The molecule has 0 unspecified atom stereocenters. The Morgan fingerprint density at radius 2 is 1.93 bits per heavy atom. The summed E-state index contributed by atoms with van der Waals surface area (Å²) >= 11 is 0. The number of aliphatic carboxylic acids is 1. The van der Waals surface area contributed by atoms with Gasteiger partial charge in [-0.3, -0.25) is 9.78 Å². The van der Waals surface area contributed by atoms with Gasteiger partial charge in [-0.15, -0.1) is 0 Å². The summed E-state index contributed by atoms with van der Waals surface area (Å²) in [6, 6.07) is 7.01. The highest BCUT2D eigenvalue weighted by atomic mass is 19.2. The molecule has 1 fully saturated rings. The fourth-order valence-electron chi connectivity index (χ4n) is 5.88. The number of methoxy groups -OCH3 is 1. The lowest BCUT2D eigenvalue weighted by Gasteiger charge is -2.41. The molecule has 10 heteroatoms. The summed E-state index contributed by atoms with van der Waals surface area (Å²) < 4.78 is 46.3. The third kappa shape index (κ3) is 6.92. The molecule has 40 heavy (non-hydrogen) atoms. The number of halogens is 3. The largest absolute Gasteiger partial charge is 0.497 e. The van der Waals surface area contributed by atoms with Gasteiger partial charge >= 0.3 is 5.97 Å². The van der Waals surface area contributed by atoms with E-state index in [1.165, 1.54) is 0 Å². The van der Waals surface area contributed by atoms with Crippen molar-refractivity contribution in [1.82, 2.24) is 9.88 Å². The van der Waals surface area contributed by atoms with Gasteiger partial charge in [0.2, 0.25) is 0 Å². The van der Waals surface area contributed by atoms with Crippen LogP contribution in [-0.2, 0) is 17.8 Å². The maximum absolute atomic E-state index is 14.0. The van der Waals surface area contributed by atoms with Crippen LogP contribution in [-0.4, -0.2) is 52.8 Å². The average molecular weight is 560 g/mol. The monoisotopic (exact) mass is 559 g/mol. The summed E-state index contributed by atoms with van der Waals surface area (Å²) in [5.74, 6) is -3.25. The van der Waals surface area contributed by atoms with Crippen molar-refractivity contribution in [1.29, 1.82) is 0 Å². The van der Waals surface area contributed by atoms with Crippen molar-refractivity contribution in [2.75, 3.05) is 26.7 Å². The van der Waals surface area contributed by atoms with Gasteiger partial charge in [-0.25, -0.2) is 13.2 Å². The summed E-state index contributed by atoms with van der Waals surface area (Å²) in [5.41, 5.74) is 7.63. The second-order valence-corrected chi connectivity index (χ2v) is 10.7. The number of hydrogen-bond acceptors (Lipinski definition) is 6. The number of nitrogens with zero attached hydrogens (tertiary/aromatic N) is 2. The highest BCUT2D eigenvalue weighted by Gasteiger charge is 2.37. The van der Waals surface area contributed by atoms with E-state index >= 15 is 0 Å². The zero-order valence-corrected chi connectivity index (χ0v) is 22.6. The number of fused-ring (bicyclic) bond motifs is 1. The Bertz CT molecular complexity index is 1340. The van der Waals surface area contributed by atoms with E-state index in [-0.39, 0.29) is 24.9 Å². The van der Waals surface area contributed by atoms with Gasteiger partial charge in [0.25, 0.3) is 0 Å². The first-order chi connectivity index (χ1) is 19.1. The normalized spacial score (nSPS) is 16.2. The fraction of sp³-hybridized carbons (Fsp3) is 0.467. The molecule has 216 valence electrons. The van der Waals surface area contributed by atoms with Crippen LogP contribution in [0, 0.1) is 22.9 Å². The number of pyridine rings is 1. The number of hydrogen-bond donors (Lipinski definition) is 3. The summed E-state index contributed by atoms with van der Waals surface area (Å²) in [6.45, 7) is 2.10. The van der Waals surface area contributed by atoms with Gasteiger partial charge in [0.15, 0.2) is 11.6 Å². The fourth-order valence-corrected chi connectivity index (χ4v) is 5.88. The molecule has 2 aromatic carbocycles. The minimum absolute atomic E-state index is 0.00397. The van der Waals surface area contributed by atoms with Crippen LogP contribution >= 0.6 is 0 Å². The van der Waals surface area contributed by atoms with Crippen molar-refractivity contribution >= 4 is 16.9 Å². The topological polar surface area (TPSA) is 109 Å². The van der Waals surface area contributed by atoms with Crippen LogP contribution < -0.4 is 10.5 Å². The van der Waals surface area contributed by atoms with Gasteiger partial charge in [0.05, 0.1) is 25.2 Å².